The molecule has 0 bridgehead atoms. The first-order valence-electron chi connectivity index (χ1n) is 8.98. The number of ether oxygens (including phenoxy) is 1. The van der Waals surface area contributed by atoms with Gasteiger partial charge in [-0.25, -0.2) is 4.79 Å². The van der Waals surface area contributed by atoms with Crippen LogP contribution in [0, 0.1) is 0 Å². The third-order valence-electron chi connectivity index (χ3n) is 4.96. The van der Waals surface area contributed by atoms with Crippen molar-refractivity contribution in [2.75, 3.05) is 25.0 Å². The normalized spacial score (nSPS) is 18.9. The molecule has 1 atom stereocenters. The van der Waals surface area contributed by atoms with Gasteiger partial charge in [0.1, 0.15) is 5.00 Å². The van der Waals surface area contributed by atoms with Crippen molar-refractivity contribution in [1.82, 2.24) is 4.90 Å². The number of esters is 1. The topological polar surface area (TPSA) is 58.6 Å². The Hall–Kier alpha value is -1.40. The lowest BCUT2D eigenvalue weighted by Gasteiger charge is -2.22. The summed E-state index contributed by atoms with van der Waals surface area (Å²) in [4.78, 5) is 28.5. The van der Waals surface area contributed by atoms with E-state index in [2.05, 4.69) is 10.2 Å². The molecule has 0 spiro atoms. The minimum absolute atomic E-state index is 0.0268. The summed E-state index contributed by atoms with van der Waals surface area (Å²) in [5.74, 6) is -0.331. The number of fused-ring (bicyclic) bond motifs is 1. The summed E-state index contributed by atoms with van der Waals surface area (Å²) in [6.07, 6.45) is 6.43. The molecule has 1 aliphatic heterocycles. The fourth-order valence-electron chi connectivity index (χ4n) is 3.58. The van der Waals surface area contributed by atoms with E-state index < -0.39 is 0 Å². The van der Waals surface area contributed by atoms with E-state index in [-0.39, 0.29) is 17.9 Å². The van der Waals surface area contributed by atoms with Crippen molar-refractivity contribution < 1.29 is 14.3 Å². The average Bonchev–Trinajstić information content (AvgIpc) is 3.21. The second kappa shape index (κ2) is 7.66. The van der Waals surface area contributed by atoms with E-state index in [0.717, 1.165) is 57.2 Å². The molecule has 1 fully saturated rings. The van der Waals surface area contributed by atoms with E-state index in [0.29, 0.717) is 17.2 Å². The summed E-state index contributed by atoms with van der Waals surface area (Å²) in [5.41, 5.74) is 1.69. The number of thiophene rings is 1. The molecule has 6 heteroatoms. The van der Waals surface area contributed by atoms with E-state index in [1.807, 2.05) is 13.8 Å². The quantitative estimate of drug-likeness (QED) is 0.829. The van der Waals surface area contributed by atoms with Gasteiger partial charge in [0.05, 0.1) is 18.2 Å². The van der Waals surface area contributed by atoms with Crippen LogP contribution in [0.3, 0.4) is 0 Å². The van der Waals surface area contributed by atoms with Gasteiger partial charge in [0, 0.05) is 4.88 Å². The highest BCUT2D eigenvalue weighted by Crippen LogP contribution is 2.38. The number of anilines is 1. The van der Waals surface area contributed by atoms with Gasteiger partial charge in [-0.2, -0.15) is 0 Å². The van der Waals surface area contributed by atoms with Crippen LogP contribution in [0.5, 0.6) is 0 Å². The first-order chi connectivity index (χ1) is 11.6. The maximum atomic E-state index is 12.6. The Morgan fingerprint density at radius 3 is 2.62 bits per heavy atom. The van der Waals surface area contributed by atoms with E-state index in [4.69, 9.17) is 4.74 Å². The zero-order chi connectivity index (χ0) is 17.1. The molecule has 0 saturated carbocycles. The Kier molecular flexibility index (Phi) is 5.56. The van der Waals surface area contributed by atoms with Gasteiger partial charge in [0.15, 0.2) is 0 Å². The molecular formula is C18H26N2O3S. The molecule has 1 aromatic heterocycles. The van der Waals surface area contributed by atoms with Gasteiger partial charge in [0.2, 0.25) is 5.91 Å². The van der Waals surface area contributed by atoms with Crippen molar-refractivity contribution >= 4 is 28.2 Å². The second-order valence-corrected chi connectivity index (χ2v) is 7.65. The third-order valence-corrected chi connectivity index (χ3v) is 6.16. The lowest BCUT2D eigenvalue weighted by atomic mass is 9.95. The highest BCUT2D eigenvalue weighted by Gasteiger charge is 2.29. The Morgan fingerprint density at radius 2 is 1.92 bits per heavy atom. The number of rotatable bonds is 5. The van der Waals surface area contributed by atoms with E-state index in [9.17, 15) is 9.59 Å². The summed E-state index contributed by atoms with van der Waals surface area (Å²) < 4.78 is 5.24. The zero-order valence-electron chi connectivity index (χ0n) is 14.5. The lowest BCUT2D eigenvalue weighted by Crippen LogP contribution is -2.40. The van der Waals surface area contributed by atoms with E-state index in [1.54, 1.807) is 11.3 Å². The minimum atomic E-state index is -0.305. The highest BCUT2D eigenvalue weighted by molar-refractivity contribution is 7.17. The second-order valence-electron chi connectivity index (χ2n) is 6.54. The van der Waals surface area contributed by atoms with E-state index >= 15 is 0 Å². The Bertz CT molecular complexity index is 620. The van der Waals surface area contributed by atoms with Gasteiger partial charge in [-0.15, -0.1) is 11.3 Å². The highest BCUT2D eigenvalue weighted by atomic mass is 32.1. The Morgan fingerprint density at radius 1 is 1.21 bits per heavy atom. The predicted molar refractivity (Wildman–Crippen MR) is 95.8 cm³/mol. The van der Waals surface area contributed by atoms with Gasteiger partial charge in [-0.1, -0.05) is 0 Å². The number of hydrogen-bond acceptors (Lipinski definition) is 5. The van der Waals surface area contributed by atoms with Crippen LogP contribution in [0.15, 0.2) is 0 Å². The molecule has 2 aliphatic rings. The van der Waals surface area contributed by atoms with Gasteiger partial charge in [0.25, 0.3) is 0 Å². The molecular weight excluding hydrogens is 324 g/mol. The Balaban J connectivity index is 1.82. The SMILES string of the molecule is CCOC(=O)c1c(NC(=O)[C@@H](C)N2CCCC2)sc2c1CCCC2. The van der Waals surface area contributed by atoms with E-state index in [1.165, 1.54) is 4.88 Å². The molecule has 24 heavy (non-hydrogen) atoms. The van der Waals surface area contributed by atoms with Crippen LogP contribution in [-0.4, -0.2) is 42.5 Å². The van der Waals surface area contributed by atoms with Crippen LogP contribution in [0.25, 0.3) is 0 Å². The van der Waals surface area contributed by atoms with Crippen molar-refractivity contribution in [3.63, 3.8) is 0 Å². The van der Waals surface area contributed by atoms with Crippen molar-refractivity contribution in [3.8, 4) is 0 Å². The smallest absolute Gasteiger partial charge is 0.341 e. The number of carbonyl (C=O) groups excluding carboxylic acids is 2. The van der Waals surface area contributed by atoms with Crippen LogP contribution in [0.4, 0.5) is 5.00 Å². The summed E-state index contributed by atoms with van der Waals surface area (Å²) >= 11 is 1.55. The maximum absolute atomic E-state index is 12.6. The number of likely N-dealkylation sites (tertiary alicyclic amines) is 1. The number of nitrogens with one attached hydrogen (secondary N) is 1. The molecule has 1 aromatic rings. The molecule has 0 unspecified atom stereocenters. The van der Waals surface area contributed by atoms with Gasteiger partial charge in [-0.3, -0.25) is 9.69 Å². The van der Waals surface area contributed by atoms with Gasteiger partial charge >= 0.3 is 5.97 Å². The van der Waals surface area contributed by atoms with Crippen LogP contribution < -0.4 is 5.32 Å². The fourth-order valence-corrected chi connectivity index (χ4v) is 4.86. The molecule has 3 rings (SSSR count). The number of carbonyl (C=O) groups is 2. The van der Waals surface area contributed by atoms with Crippen molar-refractivity contribution in [3.05, 3.63) is 16.0 Å². The molecule has 1 aliphatic carbocycles. The molecule has 0 aromatic carbocycles. The number of amides is 1. The number of hydrogen-bond donors (Lipinski definition) is 1. The summed E-state index contributed by atoms with van der Waals surface area (Å²) in [7, 11) is 0. The average molecular weight is 350 g/mol. The van der Waals surface area contributed by atoms with Gasteiger partial charge in [-0.05, 0) is 71.0 Å². The monoisotopic (exact) mass is 350 g/mol. The first kappa shape index (κ1) is 17.4. The predicted octanol–water partition coefficient (Wildman–Crippen LogP) is 3.23. The lowest BCUT2D eigenvalue weighted by molar-refractivity contribution is -0.120. The summed E-state index contributed by atoms with van der Waals surface area (Å²) in [6.45, 7) is 6.05. The molecule has 1 amide bonds. The van der Waals surface area contributed by atoms with Crippen LogP contribution in [0.2, 0.25) is 0 Å². The zero-order valence-corrected chi connectivity index (χ0v) is 15.3. The van der Waals surface area contributed by atoms with Crippen molar-refractivity contribution in [2.24, 2.45) is 0 Å². The van der Waals surface area contributed by atoms with Crippen LogP contribution in [0.1, 0.15) is 60.3 Å². The van der Waals surface area contributed by atoms with Gasteiger partial charge < -0.3 is 10.1 Å². The fraction of sp³-hybridized carbons (Fsp3) is 0.667. The van der Waals surface area contributed by atoms with Crippen molar-refractivity contribution in [1.29, 1.82) is 0 Å². The molecule has 0 radical (unpaired) electrons. The molecule has 1 N–H and O–H groups in total. The molecule has 132 valence electrons. The van der Waals surface area contributed by atoms with Crippen LogP contribution in [-0.2, 0) is 22.4 Å². The molecule has 1 saturated heterocycles. The molecule has 2 heterocycles. The Labute approximate surface area is 147 Å². The summed E-state index contributed by atoms with van der Waals surface area (Å²) in [6, 6.07) is -0.165. The summed E-state index contributed by atoms with van der Waals surface area (Å²) in [5, 5.41) is 3.70. The first-order valence-corrected chi connectivity index (χ1v) is 9.80. The third kappa shape index (κ3) is 3.49. The standard InChI is InChI=1S/C18H26N2O3S/c1-3-23-18(22)15-13-8-4-5-9-14(13)24-17(15)19-16(21)12(2)20-10-6-7-11-20/h12H,3-11H2,1-2H3,(H,19,21)/t12-/m1/s1. The largest absolute Gasteiger partial charge is 0.462 e. The maximum Gasteiger partial charge on any atom is 0.341 e. The van der Waals surface area contributed by atoms with Crippen molar-refractivity contribution in [2.45, 2.75) is 58.4 Å². The number of aryl methyl sites for hydroxylation is 1. The minimum Gasteiger partial charge on any atom is -0.462 e. The van der Waals surface area contributed by atoms with Crippen LogP contribution >= 0.6 is 11.3 Å². The number of nitrogens with zero attached hydrogens (tertiary/aromatic N) is 1. The molecule has 5 nitrogen and oxygen atoms in total.